The van der Waals surface area contributed by atoms with Gasteiger partial charge in [0, 0.05) is 8.07 Å². The third kappa shape index (κ3) is 3.39. The number of hydrogen-bond donors (Lipinski definition) is 1. The molecule has 1 aliphatic carbocycles. The molecule has 0 aromatic heterocycles. The second kappa shape index (κ2) is 3.28. The Morgan fingerprint density at radius 2 is 1.91 bits per heavy atom. The molecule has 0 amide bonds. The summed E-state index contributed by atoms with van der Waals surface area (Å²) in [5.74, 6) is 0.844. The van der Waals surface area contributed by atoms with Gasteiger partial charge in [-0.2, -0.15) is 0 Å². The maximum absolute atomic E-state index is 9.31. The fourth-order valence-corrected chi connectivity index (χ4v) is 4.20. The predicted octanol–water partition coefficient (Wildman–Crippen LogP) is 2.49. The summed E-state index contributed by atoms with van der Waals surface area (Å²) >= 11 is 0. The Bertz CT molecular complexity index is 128. The van der Waals surface area contributed by atoms with Crippen LogP contribution in [0.3, 0.4) is 0 Å². The lowest BCUT2D eigenvalue weighted by Crippen LogP contribution is -2.23. The van der Waals surface area contributed by atoms with Gasteiger partial charge in [0.1, 0.15) is 0 Å². The van der Waals surface area contributed by atoms with Gasteiger partial charge in [-0.25, -0.2) is 0 Å². The van der Waals surface area contributed by atoms with Gasteiger partial charge < -0.3 is 5.11 Å². The Balaban J connectivity index is 2.29. The van der Waals surface area contributed by atoms with Gasteiger partial charge in [-0.3, -0.25) is 0 Å². The van der Waals surface area contributed by atoms with Gasteiger partial charge in [-0.15, -0.1) is 0 Å². The van der Waals surface area contributed by atoms with E-state index >= 15 is 0 Å². The average Bonchev–Trinajstić information content (AvgIpc) is 2.10. The molecule has 1 N–H and O–H groups in total. The molecular weight excluding hydrogens is 152 g/mol. The van der Waals surface area contributed by atoms with Crippen molar-refractivity contribution < 1.29 is 5.11 Å². The van der Waals surface area contributed by atoms with Crippen molar-refractivity contribution in [3.8, 4) is 0 Å². The van der Waals surface area contributed by atoms with Gasteiger partial charge in [0.2, 0.25) is 0 Å². The highest BCUT2D eigenvalue weighted by atomic mass is 28.3. The van der Waals surface area contributed by atoms with E-state index in [-0.39, 0.29) is 6.10 Å². The number of rotatable bonds is 2. The molecule has 1 nitrogen and oxygen atoms in total. The van der Waals surface area contributed by atoms with E-state index in [0.717, 1.165) is 18.8 Å². The molecule has 2 atom stereocenters. The highest BCUT2D eigenvalue weighted by Gasteiger charge is 2.27. The topological polar surface area (TPSA) is 20.2 Å². The third-order valence-electron chi connectivity index (χ3n) is 2.41. The Labute approximate surface area is 70.8 Å². The summed E-state index contributed by atoms with van der Waals surface area (Å²) in [6, 6.07) is 1.41. The first kappa shape index (κ1) is 9.27. The second-order valence-corrected chi connectivity index (χ2v) is 10.6. The predicted molar refractivity (Wildman–Crippen MR) is 51.5 cm³/mol. The van der Waals surface area contributed by atoms with Crippen LogP contribution in [0.5, 0.6) is 0 Å². The van der Waals surface area contributed by atoms with Crippen molar-refractivity contribution in [1.29, 1.82) is 0 Å². The molecule has 0 saturated heterocycles. The molecule has 0 spiro atoms. The summed E-state index contributed by atoms with van der Waals surface area (Å²) in [6.45, 7) is 7.24. The molecule has 11 heavy (non-hydrogen) atoms. The fourth-order valence-electron chi connectivity index (χ4n) is 2.10. The zero-order chi connectivity index (χ0) is 8.48. The lowest BCUT2D eigenvalue weighted by Gasteiger charge is -2.20. The van der Waals surface area contributed by atoms with Crippen molar-refractivity contribution in [2.75, 3.05) is 0 Å². The minimum Gasteiger partial charge on any atom is -0.393 e. The zero-order valence-corrected chi connectivity index (χ0v) is 8.93. The van der Waals surface area contributed by atoms with E-state index in [0.29, 0.717) is 0 Å². The molecule has 66 valence electrons. The van der Waals surface area contributed by atoms with Crippen LogP contribution in [0.4, 0.5) is 0 Å². The van der Waals surface area contributed by atoms with Crippen LogP contribution < -0.4 is 0 Å². The summed E-state index contributed by atoms with van der Waals surface area (Å²) in [5, 5.41) is 9.31. The van der Waals surface area contributed by atoms with E-state index in [1.807, 2.05) is 0 Å². The van der Waals surface area contributed by atoms with Gasteiger partial charge in [0.05, 0.1) is 6.10 Å². The highest BCUT2D eigenvalue weighted by Crippen LogP contribution is 2.32. The van der Waals surface area contributed by atoms with Crippen molar-refractivity contribution >= 4 is 8.07 Å². The zero-order valence-electron chi connectivity index (χ0n) is 7.93. The molecule has 0 unspecified atom stereocenters. The summed E-state index contributed by atoms with van der Waals surface area (Å²) in [7, 11) is -0.863. The molecular formula is C9H20OSi. The van der Waals surface area contributed by atoms with E-state index in [1.54, 1.807) is 0 Å². The quantitative estimate of drug-likeness (QED) is 0.635. The van der Waals surface area contributed by atoms with E-state index in [4.69, 9.17) is 0 Å². The molecule has 1 aliphatic rings. The summed E-state index contributed by atoms with van der Waals surface area (Å²) < 4.78 is 0. The Morgan fingerprint density at radius 1 is 1.27 bits per heavy atom. The summed E-state index contributed by atoms with van der Waals surface area (Å²) in [4.78, 5) is 0. The first-order chi connectivity index (χ1) is 4.97. The maximum Gasteiger partial charge on any atom is 0.0542 e. The van der Waals surface area contributed by atoms with Crippen LogP contribution in [0.1, 0.15) is 19.3 Å². The van der Waals surface area contributed by atoms with Crippen molar-refractivity contribution in [2.24, 2.45) is 5.92 Å². The molecule has 1 saturated carbocycles. The smallest absolute Gasteiger partial charge is 0.0542 e. The first-order valence-corrected chi connectivity index (χ1v) is 8.36. The Hall–Kier alpha value is 0.177. The highest BCUT2D eigenvalue weighted by molar-refractivity contribution is 6.76. The third-order valence-corrected chi connectivity index (χ3v) is 4.22. The maximum atomic E-state index is 9.31. The largest absolute Gasteiger partial charge is 0.393 e. The van der Waals surface area contributed by atoms with Gasteiger partial charge in [-0.1, -0.05) is 25.7 Å². The van der Waals surface area contributed by atoms with E-state index in [1.165, 1.54) is 12.5 Å². The normalized spacial score (nSPS) is 32.7. The summed E-state index contributed by atoms with van der Waals surface area (Å²) in [5.41, 5.74) is 0. The van der Waals surface area contributed by atoms with Gasteiger partial charge in [0.15, 0.2) is 0 Å². The van der Waals surface area contributed by atoms with Crippen LogP contribution in [0.2, 0.25) is 25.7 Å². The average molecular weight is 172 g/mol. The van der Waals surface area contributed by atoms with Crippen LogP contribution in [-0.4, -0.2) is 19.3 Å². The lowest BCUT2D eigenvalue weighted by atomic mass is 10.1. The van der Waals surface area contributed by atoms with Crippen LogP contribution in [0, 0.1) is 5.92 Å². The van der Waals surface area contributed by atoms with Gasteiger partial charge >= 0.3 is 0 Å². The molecule has 0 heterocycles. The molecule has 0 aromatic carbocycles. The van der Waals surface area contributed by atoms with Crippen molar-refractivity contribution in [3.05, 3.63) is 0 Å². The monoisotopic (exact) mass is 172 g/mol. The van der Waals surface area contributed by atoms with Crippen LogP contribution >= 0.6 is 0 Å². The first-order valence-electron chi connectivity index (χ1n) is 4.65. The lowest BCUT2D eigenvalue weighted by molar-refractivity contribution is 0.178. The molecule has 1 fully saturated rings. The minimum absolute atomic E-state index is 0.0244. The van der Waals surface area contributed by atoms with Gasteiger partial charge in [0.25, 0.3) is 0 Å². The second-order valence-electron chi connectivity index (χ2n) is 5.10. The number of aliphatic hydroxyl groups excluding tert-OH is 1. The molecule has 0 aliphatic heterocycles. The molecule has 0 aromatic rings. The fraction of sp³-hybridized carbons (Fsp3) is 1.00. The van der Waals surface area contributed by atoms with E-state index in [9.17, 15) is 5.11 Å². The minimum atomic E-state index is -0.863. The number of aliphatic hydroxyl groups is 1. The molecule has 0 radical (unpaired) electrons. The van der Waals surface area contributed by atoms with Gasteiger partial charge in [-0.05, 0) is 25.2 Å². The number of hydrogen-bond acceptors (Lipinski definition) is 1. The van der Waals surface area contributed by atoms with Crippen molar-refractivity contribution in [1.82, 2.24) is 0 Å². The van der Waals surface area contributed by atoms with Crippen LogP contribution in [-0.2, 0) is 0 Å². The van der Waals surface area contributed by atoms with Crippen molar-refractivity contribution in [2.45, 2.75) is 51.1 Å². The van der Waals surface area contributed by atoms with E-state index in [2.05, 4.69) is 19.6 Å². The standard InChI is InChI=1S/C9H20OSi/c1-11(2,3)7-8-4-5-9(10)6-8/h8-10H,4-7H2,1-3H3/t8-,9+/m1/s1. The molecule has 0 bridgehead atoms. The van der Waals surface area contributed by atoms with Crippen LogP contribution in [0.25, 0.3) is 0 Å². The van der Waals surface area contributed by atoms with Crippen LogP contribution in [0.15, 0.2) is 0 Å². The molecule has 2 heteroatoms. The Morgan fingerprint density at radius 3 is 2.27 bits per heavy atom. The SMILES string of the molecule is C[Si](C)(C)C[C@@H]1CC[C@H](O)C1. The van der Waals surface area contributed by atoms with Crippen molar-refractivity contribution in [3.63, 3.8) is 0 Å². The summed E-state index contributed by atoms with van der Waals surface area (Å²) in [6.07, 6.45) is 3.42. The Kier molecular flexibility index (Phi) is 2.76. The van der Waals surface area contributed by atoms with E-state index < -0.39 is 8.07 Å². The molecule has 1 rings (SSSR count).